The highest BCUT2D eigenvalue weighted by molar-refractivity contribution is 5.67. The van der Waals surface area contributed by atoms with E-state index in [1.165, 1.54) is 0 Å². The van der Waals surface area contributed by atoms with Gasteiger partial charge in [0.05, 0.1) is 6.42 Å². The van der Waals surface area contributed by atoms with Gasteiger partial charge in [0.25, 0.3) is 0 Å². The van der Waals surface area contributed by atoms with Gasteiger partial charge >= 0.3 is 5.97 Å². The normalized spacial score (nSPS) is 12.2. The third-order valence-corrected chi connectivity index (χ3v) is 2.44. The minimum atomic E-state index is -0.905. The number of nitrogens with two attached hydrogens (primary N) is 1. The number of carbonyl (C=O) groups is 1. The fourth-order valence-corrected chi connectivity index (χ4v) is 1.36. The summed E-state index contributed by atoms with van der Waals surface area (Å²) in [6, 6.07) is 5.28. The average Bonchev–Trinajstić information content (AvgIpc) is 2.19. The van der Waals surface area contributed by atoms with Gasteiger partial charge < -0.3 is 15.6 Å². The Balaban J connectivity index is 2.54. The number of benzene rings is 1. The second kappa shape index (κ2) is 5.51. The highest BCUT2D eigenvalue weighted by Crippen LogP contribution is 2.20. The number of carboxylic acids is 1. The monoisotopic (exact) mass is 223 g/mol. The lowest BCUT2D eigenvalue weighted by Crippen LogP contribution is -2.30. The van der Waals surface area contributed by atoms with Crippen LogP contribution in [0.4, 0.5) is 0 Å². The van der Waals surface area contributed by atoms with E-state index in [9.17, 15) is 4.79 Å². The van der Waals surface area contributed by atoms with Crippen molar-refractivity contribution < 1.29 is 14.6 Å². The molecule has 0 aliphatic carbocycles. The number of hydrogen-bond acceptors (Lipinski definition) is 3. The Morgan fingerprint density at radius 2 is 2.19 bits per heavy atom. The molecule has 88 valence electrons. The maximum Gasteiger partial charge on any atom is 0.305 e. The Morgan fingerprint density at radius 3 is 2.81 bits per heavy atom. The molecule has 0 aliphatic rings. The van der Waals surface area contributed by atoms with E-state index in [0.717, 1.165) is 16.9 Å². The lowest BCUT2D eigenvalue weighted by molar-refractivity contribution is -0.137. The molecule has 4 heteroatoms. The molecule has 0 heterocycles. The topological polar surface area (TPSA) is 72.5 Å². The van der Waals surface area contributed by atoms with Crippen LogP contribution in [0.25, 0.3) is 0 Å². The molecular formula is C12H17NO3. The number of ether oxygens (including phenoxy) is 1. The fourth-order valence-electron chi connectivity index (χ4n) is 1.36. The van der Waals surface area contributed by atoms with Gasteiger partial charge in [-0.2, -0.15) is 0 Å². The van der Waals surface area contributed by atoms with E-state index in [1.807, 2.05) is 32.0 Å². The molecule has 0 saturated carbocycles. The number of rotatable bonds is 5. The predicted molar refractivity (Wildman–Crippen MR) is 61.6 cm³/mol. The Bertz CT molecular complexity index is 377. The second-order valence-electron chi connectivity index (χ2n) is 3.87. The molecule has 0 aliphatic heterocycles. The van der Waals surface area contributed by atoms with Gasteiger partial charge in [0.15, 0.2) is 0 Å². The van der Waals surface area contributed by atoms with Crippen molar-refractivity contribution in [2.45, 2.75) is 26.3 Å². The van der Waals surface area contributed by atoms with Gasteiger partial charge in [-0.05, 0) is 31.0 Å². The molecule has 1 atom stereocenters. The number of aliphatic carboxylic acids is 1. The van der Waals surface area contributed by atoms with Crippen LogP contribution in [0.1, 0.15) is 17.5 Å². The van der Waals surface area contributed by atoms with Crippen LogP contribution in [-0.4, -0.2) is 23.7 Å². The standard InChI is InChI=1S/C12H17NO3/c1-8-4-3-5-11(9(8)2)16-7-10(13)6-12(14)15/h3-5,10H,6-7,13H2,1-2H3,(H,14,15). The molecule has 0 spiro atoms. The van der Waals surface area contributed by atoms with Crippen LogP contribution >= 0.6 is 0 Å². The Labute approximate surface area is 95.0 Å². The van der Waals surface area contributed by atoms with Crippen molar-refractivity contribution >= 4 is 5.97 Å². The van der Waals surface area contributed by atoms with E-state index < -0.39 is 12.0 Å². The molecule has 0 radical (unpaired) electrons. The van der Waals surface area contributed by atoms with E-state index >= 15 is 0 Å². The highest BCUT2D eigenvalue weighted by Gasteiger charge is 2.09. The van der Waals surface area contributed by atoms with E-state index in [0.29, 0.717) is 0 Å². The molecule has 16 heavy (non-hydrogen) atoms. The number of carboxylic acid groups (broad SMARTS) is 1. The number of aryl methyl sites for hydroxylation is 1. The molecule has 0 aromatic heterocycles. The molecule has 0 fully saturated rings. The van der Waals surface area contributed by atoms with Gasteiger partial charge in [0, 0.05) is 6.04 Å². The Hall–Kier alpha value is -1.55. The summed E-state index contributed by atoms with van der Waals surface area (Å²) in [5, 5.41) is 8.54. The molecule has 1 rings (SSSR count). The van der Waals surface area contributed by atoms with Crippen LogP contribution < -0.4 is 10.5 Å². The summed E-state index contributed by atoms with van der Waals surface area (Å²) in [6.45, 7) is 4.18. The minimum Gasteiger partial charge on any atom is -0.492 e. The van der Waals surface area contributed by atoms with Crippen LogP contribution in [0, 0.1) is 13.8 Å². The minimum absolute atomic E-state index is 0.0785. The quantitative estimate of drug-likeness (QED) is 0.793. The van der Waals surface area contributed by atoms with E-state index in [1.54, 1.807) is 0 Å². The van der Waals surface area contributed by atoms with Crippen LogP contribution in [0.2, 0.25) is 0 Å². The van der Waals surface area contributed by atoms with Gasteiger partial charge in [-0.15, -0.1) is 0 Å². The third kappa shape index (κ3) is 3.55. The largest absolute Gasteiger partial charge is 0.492 e. The number of hydrogen-bond donors (Lipinski definition) is 2. The van der Waals surface area contributed by atoms with Crippen LogP contribution in [0.15, 0.2) is 18.2 Å². The summed E-state index contributed by atoms with van der Waals surface area (Å²) >= 11 is 0. The predicted octanol–water partition coefficient (Wildman–Crippen LogP) is 1.48. The van der Waals surface area contributed by atoms with Crippen LogP contribution in [-0.2, 0) is 4.79 Å². The van der Waals surface area contributed by atoms with Gasteiger partial charge in [-0.25, -0.2) is 0 Å². The maximum absolute atomic E-state index is 10.4. The molecule has 0 bridgehead atoms. The smallest absolute Gasteiger partial charge is 0.305 e. The van der Waals surface area contributed by atoms with Gasteiger partial charge in [0.2, 0.25) is 0 Å². The lowest BCUT2D eigenvalue weighted by atomic mass is 10.1. The maximum atomic E-state index is 10.4. The van der Waals surface area contributed by atoms with Crippen molar-refractivity contribution in [2.24, 2.45) is 5.73 Å². The average molecular weight is 223 g/mol. The van der Waals surface area contributed by atoms with Crippen molar-refractivity contribution in [3.05, 3.63) is 29.3 Å². The molecule has 0 saturated heterocycles. The van der Waals surface area contributed by atoms with Gasteiger partial charge in [0.1, 0.15) is 12.4 Å². The fraction of sp³-hybridized carbons (Fsp3) is 0.417. The molecular weight excluding hydrogens is 206 g/mol. The first-order chi connectivity index (χ1) is 7.50. The van der Waals surface area contributed by atoms with Crippen LogP contribution in [0.5, 0.6) is 5.75 Å². The van der Waals surface area contributed by atoms with E-state index in [-0.39, 0.29) is 13.0 Å². The second-order valence-corrected chi connectivity index (χ2v) is 3.87. The highest BCUT2D eigenvalue weighted by atomic mass is 16.5. The molecule has 1 unspecified atom stereocenters. The summed E-state index contributed by atoms with van der Waals surface area (Å²) in [5.41, 5.74) is 7.81. The summed E-state index contributed by atoms with van der Waals surface area (Å²) in [7, 11) is 0. The SMILES string of the molecule is Cc1cccc(OCC(N)CC(=O)O)c1C. The summed E-state index contributed by atoms with van der Waals surface area (Å²) < 4.78 is 5.49. The third-order valence-electron chi connectivity index (χ3n) is 2.44. The van der Waals surface area contributed by atoms with E-state index in [4.69, 9.17) is 15.6 Å². The molecule has 0 amide bonds. The van der Waals surface area contributed by atoms with Gasteiger partial charge in [-0.1, -0.05) is 12.1 Å². The first kappa shape index (κ1) is 12.5. The first-order valence-corrected chi connectivity index (χ1v) is 5.17. The zero-order valence-electron chi connectivity index (χ0n) is 9.56. The molecule has 4 nitrogen and oxygen atoms in total. The zero-order valence-corrected chi connectivity index (χ0v) is 9.56. The van der Waals surface area contributed by atoms with Crippen molar-refractivity contribution in [3.8, 4) is 5.75 Å². The van der Waals surface area contributed by atoms with Crippen molar-refractivity contribution in [1.82, 2.24) is 0 Å². The Kier molecular flexibility index (Phi) is 4.31. The summed E-state index contributed by atoms with van der Waals surface area (Å²) in [6.07, 6.45) is -0.0785. The summed E-state index contributed by atoms with van der Waals surface area (Å²) in [4.78, 5) is 10.4. The van der Waals surface area contributed by atoms with E-state index in [2.05, 4.69) is 0 Å². The first-order valence-electron chi connectivity index (χ1n) is 5.17. The van der Waals surface area contributed by atoms with Crippen molar-refractivity contribution in [2.75, 3.05) is 6.61 Å². The zero-order chi connectivity index (χ0) is 12.1. The summed E-state index contributed by atoms with van der Waals surface area (Å²) in [5.74, 6) is -0.141. The van der Waals surface area contributed by atoms with Gasteiger partial charge in [-0.3, -0.25) is 4.79 Å². The lowest BCUT2D eigenvalue weighted by Gasteiger charge is -2.14. The Morgan fingerprint density at radius 1 is 1.50 bits per heavy atom. The molecule has 1 aromatic carbocycles. The van der Waals surface area contributed by atoms with Crippen LogP contribution in [0.3, 0.4) is 0 Å². The van der Waals surface area contributed by atoms with Crippen molar-refractivity contribution in [1.29, 1.82) is 0 Å². The molecule has 3 N–H and O–H groups in total. The molecule has 1 aromatic rings. The van der Waals surface area contributed by atoms with Crippen molar-refractivity contribution in [3.63, 3.8) is 0 Å².